The van der Waals surface area contributed by atoms with Crippen LogP contribution in [0.1, 0.15) is 12.6 Å². The van der Waals surface area contributed by atoms with Gasteiger partial charge in [0.25, 0.3) is 0 Å². The minimum absolute atomic E-state index is 0.311. The lowest BCUT2D eigenvalue weighted by Gasteiger charge is -2.34. The lowest BCUT2D eigenvalue weighted by Crippen LogP contribution is -2.47. The fourth-order valence-electron chi connectivity index (χ4n) is 2.08. The SMILES string of the molecule is CCc1ncnc(N2CCN(CC#N)CC2)c1F. The second-order valence-corrected chi connectivity index (χ2v) is 4.23. The zero-order valence-electron chi connectivity index (χ0n) is 10.4. The van der Waals surface area contributed by atoms with Crippen molar-refractivity contribution < 1.29 is 4.39 Å². The van der Waals surface area contributed by atoms with Crippen molar-refractivity contribution in [1.82, 2.24) is 14.9 Å². The van der Waals surface area contributed by atoms with E-state index in [1.165, 1.54) is 6.33 Å². The van der Waals surface area contributed by atoms with Crippen molar-refractivity contribution in [3.05, 3.63) is 17.8 Å². The Labute approximate surface area is 106 Å². The molecule has 2 rings (SSSR count). The fraction of sp³-hybridized carbons (Fsp3) is 0.583. The summed E-state index contributed by atoms with van der Waals surface area (Å²) < 4.78 is 14.1. The molecule has 18 heavy (non-hydrogen) atoms. The molecule has 0 unspecified atom stereocenters. The maximum atomic E-state index is 14.1. The number of hydrogen-bond acceptors (Lipinski definition) is 5. The first kappa shape index (κ1) is 12.7. The van der Waals surface area contributed by atoms with Gasteiger partial charge in [-0.1, -0.05) is 6.92 Å². The molecule has 1 aliphatic rings. The highest BCUT2D eigenvalue weighted by atomic mass is 19.1. The van der Waals surface area contributed by atoms with E-state index in [1.807, 2.05) is 11.8 Å². The number of nitrogens with zero attached hydrogens (tertiary/aromatic N) is 5. The van der Waals surface area contributed by atoms with Crippen molar-refractivity contribution in [1.29, 1.82) is 5.26 Å². The predicted octanol–water partition coefficient (Wildman–Crippen LogP) is 0.824. The van der Waals surface area contributed by atoms with Crippen molar-refractivity contribution >= 4 is 5.82 Å². The summed E-state index contributed by atoms with van der Waals surface area (Å²) in [5.74, 6) is 0.0761. The number of piperazine rings is 1. The van der Waals surface area contributed by atoms with E-state index in [9.17, 15) is 4.39 Å². The first-order chi connectivity index (χ1) is 8.76. The topological polar surface area (TPSA) is 56.1 Å². The number of halogens is 1. The largest absolute Gasteiger partial charge is 0.352 e. The van der Waals surface area contributed by atoms with Gasteiger partial charge in [0.05, 0.1) is 18.3 Å². The third-order valence-electron chi connectivity index (χ3n) is 3.14. The quantitative estimate of drug-likeness (QED) is 0.742. The van der Waals surface area contributed by atoms with Crippen LogP contribution in [-0.2, 0) is 6.42 Å². The number of hydrogen-bond donors (Lipinski definition) is 0. The average Bonchev–Trinajstić information content (AvgIpc) is 2.41. The Bertz CT molecular complexity index is 448. The van der Waals surface area contributed by atoms with E-state index >= 15 is 0 Å². The van der Waals surface area contributed by atoms with Gasteiger partial charge in [-0.25, -0.2) is 14.4 Å². The van der Waals surface area contributed by atoms with Crippen molar-refractivity contribution in [3.63, 3.8) is 0 Å². The van der Waals surface area contributed by atoms with Gasteiger partial charge in [-0.15, -0.1) is 0 Å². The highest BCUT2D eigenvalue weighted by molar-refractivity contribution is 5.41. The van der Waals surface area contributed by atoms with Crippen LogP contribution in [0, 0.1) is 17.1 Å². The molecule has 0 N–H and O–H groups in total. The van der Waals surface area contributed by atoms with Gasteiger partial charge in [0, 0.05) is 26.2 Å². The maximum absolute atomic E-state index is 14.1. The number of aromatic nitrogens is 2. The number of aryl methyl sites for hydroxylation is 1. The zero-order chi connectivity index (χ0) is 13.0. The van der Waals surface area contributed by atoms with E-state index in [0.29, 0.717) is 37.6 Å². The summed E-state index contributed by atoms with van der Waals surface area (Å²) in [7, 11) is 0. The van der Waals surface area contributed by atoms with Gasteiger partial charge in [0.1, 0.15) is 6.33 Å². The van der Waals surface area contributed by atoms with Crippen LogP contribution in [0.4, 0.5) is 10.2 Å². The number of nitriles is 1. The van der Waals surface area contributed by atoms with Crippen LogP contribution in [0.15, 0.2) is 6.33 Å². The minimum atomic E-state index is -0.311. The molecule has 0 saturated carbocycles. The smallest absolute Gasteiger partial charge is 0.187 e. The van der Waals surface area contributed by atoms with Crippen LogP contribution in [0.3, 0.4) is 0 Å². The van der Waals surface area contributed by atoms with Crippen LogP contribution in [0.5, 0.6) is 0 Å². The molecule has 2 heterocycles. The summed E-state index contributed by atoms with van der Waals surface area (Å²) in [5.41, 5.74) is 0.458. The molecule has 0 amide bonds. The number of rotatable bonds is 3. The van der Waals surface area contributed by atoms with Crippen LogP contribution in [-0.4, -0.2) is 47.6 Å². The van der Waals surface area contributed by atoms with Crippen LogP contribution < -0.4 is 4.90 Å². The second-order valence-electron chi connectivity index (χ2n) is 4.23. The molecule has 0 spiro atoms. The van der Waals surface area contributed by atoms with Gasteiger partial charge in [-0.05, 0) is 6.42 Å². The molecule has 6 heteroatoms. The highest BCUT2D eigenvalue weighted by Crippen LogP contribution is 2.19. The van der Waals surface area contributed by atoms with Crippen LogP contribution in [0.2, 0.25) is 0 Å². The Morgan fingerprint density at radius 2 is 2.06 bits per heavy atom. The molecule has 1 fully saturated rings. The van der Waals surface area contributed by atoms with E-state index in [2.05, 4.69) is 20.9 Å². The Morgan fingerprint density at radius 1 is 1.33 bits per heavy atom. The predicted molar refractivity (Wildman–Crippen MR) is 65.6 cm³/mol. The molecule has 1 aromatic rings. The molecule has 0 radical (unpaired) electrons. The van der Waals surface area contributed by atoms with Crippen LogP contribution in [0.25, 0.3) is 0 Å². The molecule has 0 bridgehead atoms. The third kappa shape index (κ3) is 2.57. The van der Waals surface area contributed by atoms with E-state index < -0.39 is 0 Å². The molecule has 1 aromatic heterocycles. The van der Waals surface area contributed by atoms with Crippen LogP contribution >= 0.6 is 0 Å². The average molecular weight is 249 g/mol. The normalized spacial score (nSPS) is 16.6. The van der Waals surface area contributed by atoms with Gasteiger partial charge < -0.3 is 4.90 Å². The van der Waals surface area contributed by atoms with E-state index in [4.69, 9.17) is 5.26 Å². The van der Waals surface area contributed by atoms with Crippen molar-refractivity contribution in [3.8, 4) is 6.07 Å². The third-order valence-corrected chi connectivity index (χ3v) is 3.14. The Hall–Kier alpha value is -1.74. The molecule has 0 aliphatic carbocycles. The molecule has 1 aliphatic heterocycles. The molecule has 0 aromatic carbocycles. The van der Waals surface area contributed by atoms with E-state index in [1.54, 1.807) is 0 Å². The summed E-state index contributed by atoms with van der Waals surface area (Å²) in [5, 5.41) is 8.63. The molecular formula is C12H16FN5. The van der Waals surface area contributed by atoms with E-state index in [-0.39, 0.29) is 5.82 Å². The molecule has 96 valence electrons. The van der Waals surface area contributed by atoms with Crippen molar-refractivity contribution in [2.24, 2.45) is 0 Å². The molecule has 0 atom stereocenters. The maximum Gasteiger partial charge on any atom is 0.187 e. The van der Waals surface area contributed by atoms with Gasteiger partial charge in [0.2, 0.25) is 0 Å². The molecule has 5 nitrogen and oxygen atoms in total. The lowest BCUT2D eigenvalue weighted by molar-refractivity contribution is 0.285. The summed E-state index contributed by atoms with van der Waals surface area (Å²) in [6.45, 7) is 5.22. The molecule has 1 saturated heterocycles. The standard InChI is InChI=1S/C12H16FN5/c1-2-10-11(13)12(16-9-15-10)18-7-5-17(4-3-14)6-8-18/h9H,2,4-8H2,1H3. The van der Waals surface area contributed by atoms with E-state index in [0.717, 1.165) is 13.1 Å². The van der Waals surface area contributed by atoms with Gasteiger partial charge >= 0.3 is 0 Å². The molecular weight excluding hydrogens is 233 g/mol. The van der Waals surface area contributed by atoms with Gasteiger partial charge in [-0.3, -0.25) is 4.90 Å². The fourth-order valence-corrected chi connectivity index (χ4v) is 2.08. The highest BCUT2D eigenvalue weighted by Gasteiger charge is 2.21. The summed E-state index contributed by atoms with van der Waals surface area (Å²) in [4.78, 5) is 11.9. The number of anilines is 1. The minimum Gasteiger partial charge on any atom is -0.352 e. The Balaban J connectivity index is 2.08. The second kappa shape index (κ2) is 5.74. The monoisotopic (exact) mass is 249 g/mol. The Kier molecular flexibility index (Phi) is 4.05. The van der Waals surface area contributed by atoms with Crippen molar-refractivity contribution in [2.45, 2.75) is 13.3 Å². The first-order valence-electron chi connectivity index (χ1n) is 6.10. The lowest BCUT2D eigenvalue weighted by atomic mass is 10.2. The van der Waals surface area contributed by atoms with Gasteiger partial charge in [0.15, 0.2) is 11.6 Å². The summed E-state index contributed by atoms with van der Waals surface area (Å²) in [6, 6.07) is 2.13. The zero-order valence-corrected chi connectivity index (χ0v) is 10.4. The summed E-state index contributed by atoms with van der Waals surface area (Å²) >= 11 is 0. The Morgan fingerprint density at radius 3 is 2.67 bits per heavy atom. The first-order valence-corrected chi connectivity index (χ1v) is 6.10. The summed E-state index contributed by atoms with van der Waals surface area (Å²) in [6.07, 6.45) is 1.98. The van der Waals surface area contributed by atoms with Gasteiger partial charge in [-0.2, -0.15) is 5.26 Å². The van der Waals surface area contributed by atoms with Crippen molar-refractivity contribution in [2.75, 3.05) is 37.6 Å².